The predicted octanol–water partition coefficient (Wildman–Crippen LogP) is 4.15. The number of carboxylic acids is 1. The molecule has 220 valence electrons. The Morgan fingerprint density at radius 3 is 1.72 bits per heavy atom. The molecule has 0 bridgehead atoms. The maximum absolute atomic E-state index is 13.3. The van der Waals surface area contributed by atoms with Crippen LogP contribution in [0, 0.1) is 0 Å². The second kappa shape index (κ2) is 13.6. The van der Waals surface area contributed by atoms with Gasteiger partial charge in [-0.1, -0.05) is 0 Å². The van der Waals surface area contributed by atoms with Gasteiger partial charge in [-0.3, -0.25) is 0 Å². The Kier molecular flexibility index (Phi) is 9.46. The first-order valence-corrected chi connectivity index (χ1v) is 15.2. The number of carbonyl (C=O) groups is 4. The third-order valence-electron chi connectivity index (χ3n) is 6.68. The number of benzene rings is 3. The molecule has 1 saturated heterocycles. The SMILES string of the molecule is CCc1[se]c([C@@H]2O[C@H](COC(=O)c3ccccc3)[C@@H](OC(=O)c3ccccc3)[C@H]2OC(=O)c2ccccc2)nc1C(=O)O. The van der Waals surface area contributed by atoms with Crippen LogP contribution in [0.3, 0.4) is 0 Å². The predicted molar refractivity (Wildman–Crippen MR) is 153 cm³/mol. The summed E-state index contributed by atoms with van der Waals surface area (Å²) in [5.74, 6) is -3.20. The zero-order valence-corrected chi connectivity index (χ0v) is 24.7. The number of hydrogen-bond acceptors (Lipinski definition) is 9. The van der Waals surface area contributed by atoms with Crippen LogP contribution in [0.1, 0.15) is 63.6 Å². The van der Waals surface area contributed by atoms with Crippen LogP contribution in [-0.2, 0) is 25.4 Å². The number of aryl methyl sites for hydroxylation is 1. The van der Waals surface area contributed by atoms with E-state index in [0.29, 0.717) is 21.0 Å². The average Bonchev–Trinajstić information content (AvgIpc) is 3.62. The summed E-state index contributed by atoms with van der Waals surface area (Å²) in [6, 6.07) is 24.9. The van der Waals surface area contributed by atoms with Crippen molar-refractivity contribution in [3.05, 3.63) is 122 Å². The van der Waals surface area contributed by atoms with Crippen LogP contribution in [0.25, 0.3) is 0 Å². The summed E-state index contributed by atoms with van der Waals surface area (Å²) in [6.07, 6.45) is -4.09. The van der Waals surface area contributed by atoms with E-state index in [4.69, 9.17) is 18.9 Å². The normalized spacial score (nSPS) is 19.4. The van der Waals surface area contributed by atoms with Gasteiger partial charge in [0.25, 0.3) is 0 Å². The van der Waals surface area contributed by atoms with Gasteiger partial charge in [0, 0.05) is 0 Å². The zero-order chi connectivity index (χ0) is 30.3. The standard InChI is InChI=1S/C32H27NO9Se/c1-2-23-24(29(34)35)33-28(43-23)27-26(42-32(38)21-16-10-5-11-17-21)25(41-31(37)20-14-8-4-9-15-20)22(40-27)18-39-30(36)19-12-6-3-7-13-19/h3-17,22,25-27H,2,18H2,1H3,(H,34,35)/t22-,25-,26-,27-/m1/s1. The van der Waals surface area contributed by atoms with E-state index in [9.17, 15) is 24.3 Å². The minimum atomic E-state index is -1.22. The van der Waals surface area contributed by atoms with Crippen LogP contribution in [0.2, 0.25) is 0 Å². The van der Waals surface area contributed by atoms with Crippen LogP contribution >= 0.6 is 0 Å². The molecule has 1 fully saturated rings. The third-order valence-corrected chi connectivity index (χ3v) is 9.33. The molecule has 0 aliphatic carbocycles. The van der Waals surface area contributed by atoms with Crippen molar-refractivity contribution in [3.63, 3.8) is 0 Å². The second-order valence-corrected chi connectivity index (χ2v) is 11.9. The molecule has 4 atom stereocenters. The van der Waals surface area contributed by atoms with Gasteiger partial charge in [-0.15, -0.1) is 0 Å². The molecular formula is C32H27NO9Se. The van der Waals surface area contributed by atoms with Crippen LogP contribution in [0.4, 0.5) is 0 Å². The molecule has 0 amide bonds. The molecule has 0 radical (unpaired) electrons. The molecule has 2 heterocycles. The van der Waals surface area contributed by atoms with E-state index in [2.05, 4.69) is 4.98 Å². The number of rotatable bonds is 10. The summed E-state index contributed by atoms with van der Waals surface area (Å²) >= 11 is -0.534. The summed E-state index contributed by atoms with van der Waals surface area (Å²) < 4.78 is 24.7. The van der Waals surface area contributed by atoms with E-state index in [1.165, 1.54) is 0 Å². The van der Waals surface area contributed by atoms with Gasteiger partial charge in [-0.05, 0) is 0 Å². The molecule has 0 unspecified atom stereocenters. The molecule has 1 aromatic heterocycles. The first-order chi connectivity index (χ1) is 20.9. The number of carboxylic acid groups (broad SMARTS) is 1. The molecule has 10 nitrogen and oxygen atoms in total. The molecule has 1 aliphatic rings. The first-order valence-electron chi connectivity index (χ1n) is 13.5. The number of ether oxygens (including phenoxy) is 4. The van der Waals surface area contributed by atoms with Gasteiger partial charge in [-0.2, -0.15) is 0 Å². The van der Waals surface area contributed by atoms with Crippen molar-refractivity contribution < 1.29 is 43.2 Å². The van der Waals surface area contributed by atoms with Crippen molar-refractivity contribution in [1.82, 2.24) is 4.98 Å². The minimum absolute atomic E-state index is 0.0778. The third kappa shape index (κ3) is 6.91. The number of carbonyl (C=O) groups excluding carboxylic acids is 3. The molecule has 11 heteroatoms. The number of aromatic carboxylic acids is 1. The van der Waals surface area contributed by atoms with Gasteiger partial charge in [0.05, 0.1) is 0 Å². The Labute approximate surface area is 252 Å². The molecular weight excluding hydrogens is 621 g/mol. The van der Waals surface area contributed by atoms with Gasteiger partial charge >= 0.3 is 253 Å². The topological polar surface area (TPSA) is 138 Å². The fourth-order valence-electron chi connectivity index (χ4n) is 4.58. The van der Waals surface area contributed by atoms with Gasteiger partial charge in [-0.25, -0.2) is 0 Å². The van der Waals surface area contributed by atoms with Crippen LogP contribution in [0.5, 0.6) is 0 Å². The summed E-state index contributed by atoms with van der Waals surface area (Å²) in [5, 5.41) is 9.73. The Morgan fingerprint density at radius 1 is 0.767 bits per heavy atom. The van der Waals surface area contributed by atoms with E-state index in [1.54, 1.807) is 91.0 Å². The first kappa shape index (κ1) is 29.9. The van der Waals surface area contributed by atoms with E-state index in [-0.39, 0.29) is 23.4 Å². The Bertz CT molecular complexity index is 1590. The van der Waals surface area contributed by atoms with Gasteiger partial charge < -0.3 is 0 Å². The van der Waals surface area contributed by atoms with E-state index in [0.717, 1.165) is 0 Å². The molecule has 3 aromatic carbocycles. The van der Waals surface area contributed by atoms with Crippen LogP contribution in [-0.4, -0.2) is 73.4 Å². The molecule has 1 aliphatic heterocycles. The van der Waals surface area contributed by atoms with E-state index in [1.807, 2.05) is 6.92 Å². The Morgan fingerprint density at radius 2 is 1.26 bits per heavy atom. The van der Waals surface area contributed by atoms with Crippen molar-refractivity contribution in [2.45, 2.75) is 37.8 Å². The Hall–Kier alpha value is -4.57. The van der Waals surface area contributed by atoms with Crippen LogP contribution < -0.4 is 0 Å². The van der Waals surface area contributed by atoms with Gasteiger partial charge in [0.1, 0.15) is 0 Å². The molecule has 5 rings (SSSR count). The monoisotopic (exact) mass is 649 g/mol. The number of aromatic nitrogens is 1. The quantitative estimate of drug-likeness (QED) is 0.152. The maximum atomic E-state index is 13.3. The Balaban J connectivity index is 1.51. The molecule has 0 saturated carbocycles. The summed E-state index contributed by atoms with van der Waals surface area (Å²) in [6.45, 7) is 1.49. The number of hydrogen-bond donors (Lipinski definition) is 1. The zero-order valence-electron chi connectivity index (χ0n) is 23.0. The van der Waals surface area contributed by atoms with Crippen molar-refractivity contribution >= 4 is 38.4 Å². The van der Waals surface area contributed by atoms with Crippen molar-refractivity contribution in [1.29, 1.82) is 0 Å². The van der Waals surface area contributed by atoms with Crippen LogP contribution in [0.15, 0.2) is 91.0 Å². The summed E-state index contributed by atoms with van der Waals surface area (Å²) in [7, 11) is 0. The average molecular weight is 649 g/mol. The number of nitrogens with zero attached hydrogens (tertiary/aromatic N) is 1. The van der Waals surface area contributed by atoms with E-state index < -0.39 is 62.8 Å². The van der Waals surface area contributed by atoms with Crippen molar-refractivity contribution in [3.8, 4) is 0 Å². The molecule has 1 N–H and O–H groups in total. The fourth-order valence-corrected chi connectivity index (χ4v) is 6.82. The second-order valence-electron chi connectivity index (χ2n) is 9.51. The van der Waals surface area contributed by atoms with Crippen molar-refractivity contribution in [2.24, 2.45) is 0 Å². The molecule has 43 heavy (non-hydrogen) atoms. The molecule has 0 spiro atoms. The van der Waals surface area contributed by atoms with Gasteiger partial charge in [0.2, 0.25) is 0 Å². The summed E-state index contributed by atoms with van der Waals surface area (Å²) in [5.41, 5.74) is 0.745. The van der Waals surface area contributed by atoms with Gasteiger partial charge in [0.15, 0.2) is 0 Å². The summed E-state index contributed by atoms with van der Waals surface area (Å²) in [4.78, 5) is 55.5. The molecule has 4 aromatic rings. The number of esters is 3. The van der Waals surface area contributed by atoms with E-state index >= 15 is 0 Å². The fraction of sp³-hybridized carbons (Fsp3) is 0.219. The van der Waals surface area contributed by atoms with Crippen molar-refractivity contribution in [2.75, 3.05) is 6.61 Å².